The standard InChI is InChI=1S/2C13H21.2ClH.Zr/c2*1-3-5-6-7-9-13-11-8-10-12(13)4-2;;;/h2*10H,3-9H2,1-2H3;2*1H;/q;;;;+2/p-2. The van der Waals surface area contributed by atoms with Crippen LogP contribution in [0.15, 0.2) is 41.0 Å². The van der Waals surface area contributed by atoms with Crippen molar-refractivity contribution >= 4 is 0 Å². The van der Waals surface area contributed by atoms with Gasteiger partial charge in [-0.3, -0.25) is 0 Å². The number of hydrogen-bond donors (Lipinski definition) is 0. The summed E-state index contributed by atoms with van der Waals surface area (Å²) in [4.78, 5) is 0. The van der Waals surface area contributed by atoms with Gasteiger partial charge in [0.2, 0.25) is 0 Å². The molecule has 0 aromatic carbocycles. The van der Waals surface area contributed by atoms with Crippen molar-refractivity contribution in [2.45, 2.75) is 118 Å². The molecule has 0 heterocycles. The summed E-state index contributed by atoms with van der Waals surface area (Å²) < 4.78 is 3.86. The van der Waals surface area contributed by atoms with E-state index >= 15 is 0 Å². The number of halogens is 2. The molecular formula is C26H42Cl2Zr. The Bertz CT molecular complexity index is 544. The molecular weight excluding hydrogens is 474 g/mol. The van der Waals surface area contributed by atoms with Crippen molar-refractivity contribution in [1.29, 1.82) is 0 Å². The Kier molecular flexibility index (Phi) is 17.3. The molecule has 29 heavy (non-hydrogen) atoms. The van der Waals surface area contributed by atoms with E-state index in [1.807, 2.05) is 17.7 Å². The Morgan fingerprint density at radius 3 is 1.38 bits per heavy atom. The monoisotopic (exact) mass is 514 g/mol. The second-order valence-corrected chi connectivity index (χ2v) is 11.8. The molecule has 2 aliphatic rings. The minimum atomic E-state index is -0.571. The summed E-state index contributed by atoms with van der Waals surface area (Å²) in [5.41, 5.74) is 7.05. The summed E-state index contributed by atoms with van der Waals surface area (Å²) in [5.74, 6) is 0. The van der Waals surface area contributed by atoms with Gasteiger partial charge in [-0.05, 0) is 0 Å². The first-order valence-electron chi connectivity index (χ1n) is 11.8. The minimum Gasteiger partial charge on any atom is -1.00 e. The van der Waals surface area contributed by atoms with Crippen LogP contribution in [-0.4, -0.2) is 0 Å². The summed E-state index contributed by atoms with van der Waals surface area (Å²) in [6.45, 7) is 9.35. The average Bonchev–Trinajstić information content (AvgIpc) is 3.26. The van der Waals surface area contributed by atoms with Crippen LogP contribution in [0.4, 0.5) is 0 Å². The van der Waals surface area contributed by atoms with E-state index in [0.717, 1.165) is 0 Å². The van der Waals surface area contributed by atoms with E-state index in [2.05, 4.69) is 39.8 Å². The van der Waals surface area contributed by atoms with Gasteiger partial charge in [0.05, 0.1) is 0 Å². The molecule has 2 aliphatic carbocycles. The van der Waals surface area contributed by atoms with Crippen LogP contribution in [0.1, 0.15) is 118 Å². The zero-order chi connectivity index (χ0) is 19.5. The quantitative estimate of drug-likeness (QED) is 0.312. The van der Waals surface area contributed by atoms with Crippen molar-refractivity contribution in [3.63, 3.8) is 0 Å². The van der Waals surface area contributed by atoms with Crippen LogP contribution in [0.5, 0.6) is 0 Å². The maximum atomic E-state index is 2.58. The Morgan fingerprint density at radius 2 is 1.03 bits per heavy atom. The average molecular weight is 517 g/mol. The molecule has 0 aromatic rings. The maximum absolute atomic E-state index is 2.58. The molecule has 0 aromatic heterocycles. The van der Waals surface area contributed by atoms with Crippen LogP contribution in [0, 0.1) is 0 Å². The molecule has 0 N–H and O–H groups in total. The van der Waals surface area contributed by atoms with E-state index in [9.17, 15) is 0 Å². The molecule has 0 fully saturated rings. The Morgan fingerprint density at radius 1 is 0.621 bits per heavy atom. The van der Waals surface area contributed by atoms with Gasteiger partial charge >= 0.3 is 182 Å². The van der Waals surface area contributed by atoms with Crippen LogP contribution in [0.3, 0.4) is 0 Å². The third-order valence-electron chi connectivity index (χ3n) is 6.23. The first-order valence-corrected chi connectivity index (χ1v) is 14.3. The molecule has 0 saturated heterocycles. The van der Waals surface area contributed by atoms with Crippen molar-refractivity contribution in [1.82, 2.24) is 0 Å². The van der Waals surface area contributed by atoms with Gasteiger partial charge in [-0.2, -0.15) is 0 Å². The van der Waals surface area contributed by atoms with Crippen molar-refractivity contribution in [2.24, 2.45) is 0 Å². The van der Waals surface area contributed by atoms with Crippen LogP contribution < -0.4 is 24.8 Å². The van der Waals surface area contributed by atoms with Gasteiger partial charge in [0.25, 0.3) is 0 Å². The topological polar surface area (TPSA) is 0 Å². The normalized spacial score (nSPS) is 15.7. The summed E-state index contributed by atoms with van der Waals surface area (Å²) in [5, 5.41) is 0. The predicted octanol–water partition coefficient (Wildman–Crippen LogP) is 3.01. The molecule has 0 saturated carbocycles. The zero-order valence-electron chi connectivity index (χ0n) is 19.3. The van der Waals surface area contributed by atoms with E-state index in [0.29, 0.717) is 0 Å². The molecule has 164 valence electrons. The summed E-state index contributed by atoms with van der Waals surface area (Å²) >= 11 is -0.571. The summed E-state index contributed by atoms with van der Waals surface area (Å²) in [6, 6.07) is 0. The van der Waals surface area contributed by atoms with Crippen LogP contribution >= 0.6 is 0 Å². The van der Waals surface area contributed by atoms with E-state index in [4.69, 9.17) is 0 Å². The Balaban J connectivity index is 0.00000392. The van der Waals surface area contributed by atoms with Gasteiger partial charge < -0.3 is 24.8 Å². The van der Waals surface area contributed by atoms with E-state index in [1.54, 1.807) is 11.1 Å². The zero-order valence-corrected chi connectivity index (χ0v) is 23.3. The van der Waals surface area contributed by atoms with Gasteiger partial charge in [-0.15, -0.1) is 0 Å². The first-order chi connectivity index (χ1) is 13.2. The first kappa shape index (κ1) is 29.4. The predicted molar refractivity (Wildman–Crippen MR) is 118 cm³/mol. The van der Waals surface area contributed by atoms with Crippen LogP contribution in [0.2, 0.25) is 0 Å². The number of hydrogen-bond acceptors (Lipinski definition) is 0. The number of rotatable bonds is 14. The van der Waals surface area contributed by atoms with Crippen LogP contribution in [-0.2, 0) is 23.2 Å². The number of unbranched alkanes of at least 4 members (excludes halogenated alkanes) is 6. The maximum Gasteiger partial charge on any atom is -1.00 e. The summed E-state index contributed by atoms with van der Waals surface area (Å²) in [7, 11) is 0. The van der Waals surface area contributed by atoms with Gasteiger partial charge in [0.15, 0.2) is 0 Å². The van der Waals surface area contributed by atoms with Gasteiger partial charge in [0.1, 0.15) is 0 Å². The van der Waals surface area contributed by atoms with E-state index in [-0.39, 0.29) is 24.8 Å². The molecule has 0 bridgehead atoms. The van der Waals surface area contributed by atoms with Crippen molar-refractivity contribution in [2.75, 3.05) is 0 Å². The minimum absolute atomic E-state index is 0. The molecule has 0 atom stereocenters. The summed E-state index contributed by atoms with van der Waals surface area (Å²) in [6.07, 6.45) is 24.1. The molecule has 0 nitrogen and oxygen atoms in total. The van der Waals surface area contributed by atoms with Crippen molar-refractivity contribution < 1.29 is 48.0 Å². The van der Waals surface area contributed by atoms with Gasteiger partial charge in [-0.1, -0.05) is 0 Å². The Hall–Kier alpha value is 0.423. The number of allylic oxidation sites excluding steroid dienone is 8. The SMILES string of the molecule is CCCCCCC1=[C]([Zr+2][C]2=C(CCCCCC)C(CC)=CC2)CC=C1CC.[Cl-].[Cl-]. The van der Waals surface area contributed by atoms with Crippen molar-refractivity contribution in [3.05, 3.63) is 41.0 Å². The smallest absolute Gasteiger partial charge is 1.00 e. The molecule has 0 radical (unpaired) electrons. The molecule has 0 spiro atoms. The van der Waals surface area contributed by atoms with E-state index in [1.165, 1.54) is 89.9 Å². The van der Waals surface area contributed by atoms with Crippen LogP contribution in [0.25, 0.3) is 0 Å². The second kappa shape index (κ2) is 17.0. The molecule has 0 unspecified atom stereocenters. The fourth-order valence-corrected chi connectivity index (χ4v) is 8.61. The van der Waals surface area contributed by atoms with Gasteiger partial charge in [0, 0.05) is 0 Å². The molecule has 0 amide bonds. The fourth-order valence-electron chi connectivity index (χ4n) is 4.56. The Labute approximate surface area is 205 Å². The largest absolute Gasteiger partial charge is 1.00 e. The third-order valence-corrected chi connectivity index (χ3v) is 10.2. The second-order valence-electron chi connectivity index (χ2n) is 8.23. The van der Waals surface area contributed by atoms with Gasteiger partial charge in [-0.25, -0.2) is 0 Å². The fraction of sp³-hybridized carbons (Fsp3) is 0.692. The third kappa shape index (κ3) is 9.21. The van der Waals surface area contributed by atoms with E-state index < -0.39 is 23.2 Å². The molecule has 2 rings (SSSR count). The van der Waals surface area contributed by atoms with Crippen molar-refractivity contribution in [3.8, 4) is 0 Å². The molecule has 0 aliphatic heterocycles. The molecule has 3 heteroatoms.